The molecule has 0 atom stereocenters. The quantitative estimate of drug-likeness (QED) is 0.685. The largest absolute Gasteiger partial charge is 0.356 e. The van der Waals surface area contributed by atoms with Gasteiger partial charge in [-0.05, 0) is 37.3 Å². The molecule has 0 aromatic carbocycles. The lowest BCUT2D eigenvalue weighted by Gasteiger charge is -2.32. The van der Waals surface area contributed by atoms with Crippen LogP contribution in [-0.2, 0) is 6.42 Å². The van der Waals surface area contributed by atoms with Crippen LogP contribution in [0.2, 0.25) is 4.34 Å². The first-order valence-electron chi connectivity index (χ1n) is 6.89. The van der Waals surface area contributed by atoms with Gasteiger partial charge in [-0.25, -0.2) is 0 Å². The van der Waals surface area contributed by atoms with Crippen molar-refractivity contribution in [1.29, 1.82) is 0 Å². The van der Waals surface area contributed by atoms with Crippen molar-refractivity contribution in [2.24, 2.45) is 10.9 Å². The highest BCUT2D eigenvalue weighted by molar-refractivity contribution is 7.16. The number of thiophene rings is 1. The van der Waals surface area contributed by atoms with Gasteiger partial charge in [0.1, 0.15) is 0 Å². The van der Waals surface area contributed by atoms with Gasteiger partial charge in [-0.15, -0.1) is 11.3 Å². The van der Waals surface area contributed by atoms with E-state index in [-0.39, 0.29) is 0 Å². The Morgan fingerprint density at radius 3 is 2.79 bits per heavy atom. The van der Waals surface area contributed by atoms with Crippen molar-refractivity contribution in [1.82, 2.24) is 10.2 Å². The number of guanidine groups is 1. The van der Waals surface area contributed by atoms with Gasteiger partial charge in [0, 0.05) is 31.6 Å². The first kappa shape index (κ1) is 14.7. The molecular weight excluding hydrogens is 278 g/mol. The Hall–Kier alpha value is -0.740. The zero-order valence-electron chi connectivity index (χ0n) is 11.7. The van der Waals surface area contributed by atoms with Crippen LogP contribution >= 0.6 is 22.9 Å². The van der Waals surface area contributed by atoms with E-state index < -0.39 is 0 Å². The van der Waals surface area contributed by atoms with E-state index in [0.29, 0.717) is 0 Å². The third kappa shape index (κ3) is 4.39. The highest BCUT2D eigenvalue weighted by Gasteiger charge is 2.18. The second-order valence-corrected chi connectivity index (χ2v) is 6.90. The Kier molecular flexibility index (Phi) is 5.52. The van der Waals surface area contributed by atoms with Crippen LogP contribution in [0, 0.1) is 5.92 Å². The normalized spacial score (nSPS) is 17.8. The van der Waals surface area contributed by atoms with E-state index in [1.807, 2.05) is 13.1 Å². The van der Waals surface area contributed by atoms with Crippen molar-refractivity contribution in [2.75, 3.05) is 26.7 Å². The van der Waals surface area contributed by atoms with Crippen molar-refractivity contribution in [3.8, 4) is 0 Å². The zero-order chi connectivity index (χ0) is 13.7. The van der Waals surface area contributed by atoms with Crippen LogP contribution in [0.5, 0.6) is 0 Å². The lowest BCUT2D eigenvalue weighted by atomic mass is 10.00. The van der Waals surface area contributed by atoms with Crippen molar-refractivity contribution >= 4 is 28.9 Å². The fourth-order valence-corrected chi connectivity index (χ4v) is 3.42. The standard InChI is InChI=1S/C14H22ClN3S/c1-11-6-9-18(10-7-11)14(16-2)17-8-5-12-3-4-13(15)19-12/h3-4,11H,5-10H2,1-2H3,(H,16,17). The van der Waals surface area contributed by atoms with Crippen molar-refractivity contribution in [2.45, 2.75) is 26.2 Å². The van der Waals surface area contributed by atoms with Gasteiger partial charge in [-0.3, -0.25) is 4.99 Å². The Bertz CT molecular complexity index is 422. The number of likely N-dealkylation sites (tertiary alicyclic amines) is 1. The summed E-state index contributed by atoms with van der Waals surface area (Å²) in [6, 6.07) is 4.06. The van der Waals surface area contributed by atoms with Crippen LogP contribution in [0.1, 0.15) is 24.6 Å². The molecule has 0 unspecified atom stereocenters. The number of nitrogens with zero attached hydrogens (tertiary/aromatic N) is 2. The van der Waals surface area contributed by atoms with Crippen LogP contribution in [0.25, 0.3) is 0 Å². The van der Waals surface area contributed by atoms with Gasteiger partial charge < -0.3 is 10.2 Å². The molecule has 1 aromatic rings. The molecule has 3 nitrogen and oxygen atoms in total. The molecule has 1 aliphatic heterocycles. The minimum Gasteiger partial charge on any atom is -0.356 e. The monoisotopic (exact) mass is 299 g/mol. The summed E-state index contributed by atoms with van der Waals surface area (Å²) < 4.78 is 0.865. The first-order valence-corrected chi connectivity index (χ1v) is 8.08. The molecule has 0 aliphatic carbocycles. The van der Waals surface area contributed by atoms with Gasteiger partial charge >= 0.3 is 0 Å². The van der Waals surface area contributed by atoms with Crippen LogP contribution < -0.4 is 5.32 Å². The van der Waals surface area contributed by atoms with Gasteiger partial charge in [-0.2, -0.15) is 0 Å². The Morgan fingerprint density at radius 1 is 1.47 bits per heavy atom. The summed E-state index contributed by atoms with van der Waals surface area (Å²) in [6.45, 7) is 5.47. The summed E-state index contributed by atoms with van der Waals surface area (Å²) in [6.07, 6.45) is 3.53. The van der Waals surface area contributed by atoms with Gasteiger partial charge in [0.2, 0.25) is 0 Å². The lowest BCUT2D eigenvalue weighted by molar-refractivity contribution is 0.273. The minimum atomic E-state index is 0.850. The molecule has 0 radical (unpaired) electrons. The molecule has 106 valence electrons. The maximum Gasteiger partial charge on any atom is 0.193 e. The number of piperidine rings is 1. The maximum absolute atomic E-state index is 5.93. The van der Waals surface area contributed by atoms with E-state index in [9.17, 15) is 0 Å². The minimum absolute atomic E-state index is 0.850. The van der Waals surface area contributed by atoms with Crippen LogP contribution in [0.15, 0.2) is 17.1 Å². The number of rotatable bonds is 3. The van der Waals surface area contributed by atoms with Crippen LogP contribution in [0.4, 0.5) is 0 Å². The third-order valence-electron chi connectivity index (χ3n) is 3.58. The fraction of sp³-hybridized carbons (Fsp3) is 0.643. The molecule has 1 fully saturated rings. The van der Waals surface area contributed by atoms with Gasteiger partial charge in [0.05, 0.1) is 4.34 Å². The highest BCUT2D eigenvalue weighted by Crippen LogP contribution is 2.21. The molecule has 0 spiro atoms. The van der Waals surface area contributed by atoms with Gasteiger partial charge in [0.25, 0.3) is 0 Å². The smallest absolute Gasteiger partial charge is 0.193 e. The summed E-state index contributed by atoms with van der Waals surface area (Å²) in [5, 5.41) is 3.45. The maximum atomic E-state index is 5.93. The van der Waals surface area contributed by atoms with E-state index >= 15 is 0 Å². The van der Waals surface area contributed by atoms with E-state index in [0.717, 1.165) is 42.3 Å². The molecule has 1 aliphatic rings. The van der Waals surface area contributed by atoms with Gasteiger partial charge in [0.15, 0.2) is 5.96 Å². The molecule has 0 saturated carbocycles. The topological polar surface area (TPSA) is 27.6 Å². The van der Waals surface area contributed by atoms with Crippen LogP contribution in [0.3, 0.4) is 0 Å². The number of hydrogen-bond donors (Lipinski definition) is 1. The second kappa shape index (κ2) is 7.15. The number of hydrogen-bond acceptors (Lipinski definition) is 2. The molecule has 1 aromatic heterocycles. The molecule has 5 heteroatoms. The average Bonchev–Trinajstić information content (AvgIpc) is 2.82. The summed E-state index contributed by atoms with van der Waals surface area (Å²) in [7, 11) is 1.86. The summed E-state index contributed by atoms with van der Waals surface area (Å²) >= 11 is 7.59. The molecule has 19 heavy (non-hydrogen) atoms. The number of nitrogens with one attached hydrogen (secondary N) is 1. The third-order valence-corrected chi connectivity index (χ3v) is 4.87. The van der Waals surface area contributed by atoms with Crippen molar-refractivity contribution < 1.29 is 0 Å². The molecule has 1 saturated heterocycles. The highest BCUT2D eigenvalue weighted by atomic mass is 35.5. The van der Waals surface area contributed by atoms with Crippen LogP contribution in [-0.4, -0.2) is 37.5 Å². The first-order chi connectivity index (χ1) is 9.19. The molecule has 0 amide bonds. The second-order valence-electron chi connectivity index (χ2n) is 5.10. The zero-order valence-corrected chi connectivity index (χ0v) is 13.2. The van der Waals surface area contributed by atoms with Crippen molar-refractivity contribution in [3.63, 3.8) is 0 Å². The molecule has 2 heterocycles. The molecule has 2 rings (SSSR count). The predicted octanol–water partition coefficient (Wildman–Crippen LogP) is 3.25. The number of halogens is 1. The average molecular weight is 300 g/mol. The SMILES string of the molecule is CN=C(NCCc1ccc(Cl)s1)N1CCC(C)CC1. The fourth-order valence-electron chi connectivity index (χ4n) is 2.34. The Labute approximate surface area is 124 Å². The van der Waals surface area contributed by atoms with Crippen molar-refractivity contribution in [3.05, 3.63) is 21.3 Å². The van der Waals surface area contributed by atoms with E-state index in [1.165, 1.54) is 17.7 Å². The van der Waals surface area contributed by atoms with Gasteiger partial charge in [-0.1, -0.05) is 18.5 Å². The summed E-state index contributed by atoms with van der Waals surface area (Å²) in [5.74, 6) is 1.89. The summed E-state index contributed by atoms with van der Waals surface area (Å²) in [4.78, 5) is 8.06. The number of aliphatic imine (C=N–C) groups is 1. The summed E-state index contributed by atoms with van der Waals surface area (Å²) in [5.41, 5.74) is 0. The Balaban J connectivity index is 1.77. The molecular formula is C14H22ClN3S. The molecule has 1 N–H and O–H groups in total. The van der Waals surface area contributed by atoms with E-state index in [1.54, 1.807) is 11.3 Å². The Morgan fingerprint density at radius 2 is 2.21 bits per heavy atom. The molecule has 0 bridgehead atoms. The van der Waals surface area contributed by atoms with E-state index in [4.69, 9.17) is 11.6 Å². The predicted molar refractivity (Wildman–Crippen MR) is 84.4 cm³/mol. The van der Waals surface area contributed by atoms with E-state index in [2.05, 4.69) is 28.2 Å². The lowest BCUT2D eigenvalue weighted by Crippen LogP contribution is -2.45.